The van der Waals surface area contributed by atoms with Crippen LogP contribution >= 0.6 is 28.1 Å². The largest absolute Gasteiger partial charge is 0.497 e. The number of ether oxygens (including phenoxy) is 1. The van der Waals surface area contributed by atoms with Gasteiger partial charge in [0.15, 0.2) is 4.77 Å². The quantitative estimate of drug-likeness (QED) is 0.192. The van der Waals surface area contributed by atoms with Gasteiger partial charge in [0.05, 0.1) is 42.8 Å². The van der Waals surface area contributed by atoms with E-state index in [2.05, 4.69) is 31.2 Å². The second kappa shape index (κ2) is 12.6. The van der Waals surface area contributed by atoms with Gasteiger partial charge in [-0.25, -0.2) is 4.68 Å². The van der Waals surface area contributed by atoms with Crippen molar-refractivity contribution < 1.29 is 22.7 Å². The summed E-state index contributed by atoms with van der Waals surface area (Å²) in [6.07, 6.45) is -4.43. The first-order valence-corrected chi connectivity index (χ1v) is 15.7. The van der Waals surface area contributed by atoms with E-state index in [1.807, 2.05) is 48.0 Å². The van der Waals surface area contributed by atoms with Crippen molar-refractivity contribution in [3.8, 4) is 22.7 Å². The van der Waals surface area contributed by atoms with E-state index < -0.39 is 23.7 Å². The molecule has 2 aromatic heterocycles. The van der Waals surface area contributed by atoms with Crippen LogP contribution in [-0.4, -0.2) is 48.5 Å². The van der Waals surface area contributed by atoms with Crippen LogP contribution in [0.25, 0.3) is 16.9 Å². The van der Waals surface area contributed by atoms with Crippen LogP contribution in [0.4, 0.5) is 13.2 Å². The lowest BCUT2D eigenvalue weighted by Crippen LogP contribution is -2.45. The van der Waals surface area contributed by atoms with Crippen LogP contribution < -0.4 is 10.3 Å². The van der Waals surface area contributed by atoms with Crippen LogP contribution in [0.5, 0.6) is 5.75 Å². The first-order valence-electron chi connectivity index (χ1n) is 14.5. The average molecular weight is 726 g/mol. The summed E-state index contributed by atoms with van der Waals surface area (Å²) in [5, 5.41) is 8.60. The van der Waals surface area contributed by atoms with E-state index in [1.54, 1.807) is 26.2 Å². The Morgan fingerprint density at radius 3 is 2.47 bits per heavy atom. The number of fused-ring (bicyclic) bond motifs is 1. The van der Waals surface area contributed by atoms with Crippen molar-refractivity contribution in [1.29, 1.82) is 0 Å². The minimum absolute atomic E-state index is 0.00410. The number of aromatic nitrogens is 5. The molecule has 1 atom stereocenters. The van der Waals surface area contributed by atoms with Gasteiger partial charge in [-0.3, -0.25) is 14.2 Å². The molecule has 5 aromatic rings. The number of H-pyrrole nitrogens is 1. The van der Waals surface area contributed by atoms with E-state index in [9.17, 15) is 22.8 Å². The molecular formula is C33H28BrF3N6O3S. The lowest BCUT2D eigenvalue weighted by atomic mass is 9.98. The number of benzene rings is 3. The van der Waals surface area contributed by atoms with Gasteiger partial charge in [0.1, 0.15) is 5.75 Å². The molecule has 1 amide bonds. The van der Waals surface area contributed by atoms with Crippen molar-refractivity contribution in [3.63, 3.8) is 0 Å². The van der Waals surface area contributed by atoms with Gasteiger partial charge in [0.2, 0.25) is 0 Å². The fourth-order valence-corrected chi connectivity index (χ4v) is 6.57. The SMILES string of the molecule is COc1ccc(Cn2nnc(C)c2-c2ccc(-n3c(=S)[nH]c4c(c3=O)C[C@@H](C)N(C(=O)c3ccc(Br)c(C(F)(F)F)c3)C4)cc2)cc1. The number of amides is 1. The summed E-state index contributed by atoms with van der Waals surface area (Å²) < 4.78 is 48.9. The number of hydrogen-bond acceptors (Lipinski definition) is 6. The summed E-state index contributed by atoms with van der Waals surface area (Å²) in [6, 6.07) is 18.0. The maximum atomic E-state index is 13.8. The van der Waals surface area contributed by atoms with Crippen molar-refractivity contribution in [2.45, 2.75) is 45.6 Å². The average Bonchev–Trinajstić information content (AvgIpc) is 3.40. The molecule has 0 saturated heterocycles. The van der Waals surface area contributed by atoms with Crippen LogP contribution in [0, 0.1) is 11.7 Å². The van der Waals surface area contributed by atoms with Gasteiger partial charge in [-0.05, 0) is 80.5 Å². The number of methoxy groups -OCH3 is 1. The highest BCUT2D eigenvalue weighted by Gasteiger charge is 2.35. The Balaban J connectivity index is 1.27. The number of nitrogens with zero attached hydrogens (tertiary/aromatic N) is 5. The van der Waals surface area contributed by atoms with E-state index in [0.717, 1.165) is 34.3 Å². The van der Waals surface area contributed by atoms with E-state index in [4.69, 9.17) is 17.0 Å². The molecule has 1 aliphatic rings. The number of rotatable bonds is 6. The normalized spacial score (nSPS) is 14.6. The molecule has 9 nitrogen and oxygen atoms in total. The molecular weight excluding hydrogens is 697 g/mol. The standard InChI is InChI=1S/C33H28BrF3N6O3S/c1-18-14-25-28(17-41(18)30(44)22-8-13-27(34)26(15-22)33(35,36)37)38-32(47)43(31(25)45)23-9-6-21(7-10-23)29-19(2)39-40-42(29)16-20-4-11-24(46-3)12-5-20/h4-13,15,18H,14,16-17H2,1-3H3,(H,38,47)/t18-/m1/s1. The predicted molar refractivity (Wildman–Crippen MR) is 175 cm³/mol. The van der Waals surface area contributed by atoms with Gasteiger partial charge < -0.3 is 14.6 Å². The molecule has 0 spiro atoms. The summed E-state index contributed by atoms with van der Waals surface area (Å²) in [5.74, 6) is 0.190. The highest BCUT2D eigenvalue weighted by atomic mass is 79.9. The highest BCUT2D eigenvalue weighted by Crippen LogP contribution is 2.36. The number of carbonyl (C=O) groups is 1. The summed E-state index contributed by atoms with van der Waals surface area (Å²) in [7, 11) is 1.62. The van der Waals surface area contributed by atoms with Gasteiger partial charge in [-0.2, -0.15) is 13.2 Å². The van der Waals surface area contributed by atoms with E-state index in [-0.39, 0.29) is 33.3 Å². The lowest BCUT2D eigenvalue weighted by Gasteiger charge is -2.34. The van der Waals surface area contributed by atoms with Gasteiger partial charge in [-0.15, -0.1) is 5.10 Å². The van der Waals surface area contributed by atoms with Gasteiger partial charge in [-0.1, -0.05) is 45.4 Å². The molecule has 0 fully saturated rings. The van der Waals surface area contributed by atoms with Crippen LogP contribution in [-0.2, 0) is 25.7 Å². The Hall–Kier alpha value is -4.56. The molecule has 0 aliphatic carbocycles. The third kappa shape index (κ3) is 6.26. The monoisotopic (exact) mass is 724 g/mol. The Kier molecular flexibility index (Phi) is 8.66. The molecule has 14 heteroatoms. The lowest BCUT2D eigenvalue weighted by molar-refractivity contribution is -0.138. The molecule has 3 aromatic carbocycles. The number of alkyl halides is 3. The molecule has 3 heterocycles. The molecule has 0 radical (unpaired) electrons. The zero-order chi connectivity index (χ0) is 33.6. The molecule has 0 saturated carbocycles. The smallest absolute Gasteiger partial charge is 0.417 e. The molecule has 1 N–H and O–H groups in total. The molecule has 0 bridgehead atoms. The van der Waals surface area contributed by atoms with Crippen molar-refractivity contribution in [1.82, 2.24) is 29.4 Å². The fraction of sp³-hybridized carbons (Fsp3) is 0.242. The number of nitrogens with one attached hydrogen (secondary N) is 1. The molecule has 242 valence electrons. The topological polar surface area (TPSA) is 98.0 Å². The second-order valence-electron chi connectivity index (χ2n) is 11.3. The van der Waals surface area contributed by atoms with Crippen LogP contribution in [0.1, 0.15) is 45.4 Å². The first-order chi connectivity index (χ1) is 22.3. The number of halogens is 4. The Morgan fingerprint density at radius 2 is 1.81 bits per heavy atom. The summed E-state index contributed by atoms with van der Waals surface area (Å²) in [5.41, 5.74) is 3.58. The molecule has 0 unspecified atom stereocenters. The number of aromatic amines is 1. The first kappa shape index (κ1) is 32.4. The second-order valence-corrected chi connectivity index (χ2v) is 12.5. The van der Waals surface area contributed by atoms with Crippen LogP contribution in [0.3, 0.4) is 0 Å². The number of aryl methyl sites for hydroxylation is 1. The Labute approximate surface area is 280 Å². The zero-order valence-corrected chi connectivity index (χ0v) is 27.8. The van der Waals surface area contributed by atoms with E-state index in [0.29, 0.717) is 23.5 Å². The maximum absolute atomic E-state index is 13.8. The van der Waals surface area contributed by atoms with E-state index in [1.165, 1.54) is 21.6 Å². The third-order valence-corrected chi connectivity index (χ3v) is 9.20. The Morgan fingerprint density at radius 1 is 1.11 bits per heavy atom. The van der Waals surface area contributed by atoms with Gasteiger partial charge in [0, 0.05) is 32.9 Å². The summed E-state index contributed by atoms with van der Waals surface area (Å²) >= 11 is 8.51. The van der Waals surface area contributed by atoms with Crippen LogP contribution in [0.15, 0.2) is 76.0 Å². The predicted octanol–water partition coefficient (Wildman–Crippen LogP) is 6.89. The van der Waals surface area contributed by atoms with E-state index >= 15 is 0 Å². The summed E-state index contributed by atoms with van der Waals surface area (Å²) in [4.78, 5) is 31.7. The number of carbonyl (C=O) groups excluding carboxylic acids is 1. The minimum Gasteiger partial charge on any atom is -0.497 e. The third-order valence-electron chi connectivity index (χ3n) is 8.22. The molecule has 47 heavy (non-hydrogen) atoms. The fourth-order valence-electron chi connectivity index (χ4n) is 5.78. The number of hydrogen-bond donors (Lipinski definition) is 1. The van der Waals surface area contributed by atoms with Gasteiger partial charge >= 0.3 is 6.18 Å². The maximum Gasteiger partial charge on any atom is 0.417 e. The zero-order valence-electron chi connectivity index (χ0n) is 25.4. The van der Waals surface area contributed by atoms with Crippen molar-refractivity contribution in [2.75, 3.05) is 7.11 Å². The van der Waals surface area contributed by atoms with Gasteiger partial charge in [0.25, 0.3) is 11.5 Å². The molecule has 6 rings (SSSR count). The van der Waals surface area contributed by atoms with Crippen molar-refractivity contribution in [2.24, 2.45) is 0 Å². The van der Waals surface area contributed by atoms with Crippen molar-refractivity contribution in [3.05, 3.63) is 120 Å². The highest BCUT2D eigenvalue weighted by molar-refractivity contribution is 9.10. The molecule has 1 aliphatic heterocycles. The van der Waals surface area contributed by atoms with Crippen molar-refractivity contribution >= 4 is 34.1 Å². The minimum atomic E-state index is -4.63. The Bertz CT molecular complexity index is 2110. The summed E-state index contributed by atoms with van der Waals surface area (Å²) in [6.45, 7) is 4.14. The van der Waals surface area contributed by atoms with Crippen LogP contribution in [0.2, 0.25) is 0 Å².